The highest BCUT2D eigenvalue weighted by atomic mass is 32.2. The number of para-hydroxylation sites is 1. The summed E-state index contributed by atoms with van der Waals surface area (Å²) in [6, 6.07) is 24.9. The summed E-state index contributed by atoms with van der Waals surface area (Å²) in [6.45, 7) is 2.01. The lowest BCUT2D eigenvalue weighted by atomic mass is 10.1. The SMILES string of the molecule is Cc1ccc(-n2c(SCc3ccccc3C#N)nc3ccccc3c2=O)cc1. The Morgan fingerprint density at radius 1 is 1.00 bits per heavy atom. The molecule has 0 saturated heterocycles. The molecular formula is C23H17N3OS. The highest BCUT2D eigenvalue weighted by Gasteiger charge is 2.14. The Balaban J connectivity index is 1.84. The van der Waals surface area contributed by atoms with Crippen LogP contribution in [0.4, 0.5) is 0 Å². The van der Waals surface area contributed by atoms with Crippen molar-refractivity contribution in [2.45, 2.75) is 17.8 Å². The van der Waals surface area contributed by atoms with Gasteiger partial charge in [-0.15, -0.1) is 0 Å². The van der Waals surface area contributed by atoms with E-state index >= 15 is 0 Å². The minimum Gasteiger partial charge on any atom is -0.268 e. The Hall–Kier alpha value is -3.36. The van der Waals surface area contributed by atoms with Crippen LogP contribution in [0, 0.1) is 18.3 Å². The molecule has 3 aromatic carbocycles. The van der Waals surface area contributed by atoms with Gasteiger partial charge in [0.1, 0.15) is 0 Å². The van der Waals surface area contributed by atoms with Crippen molar-refractivity contribution in [3.63, 3.8) is 0 Å². The van der Waals surface area contributed by atoms with Gasteiger partial charge in [0.2, 0.25) is 0 Å². The van der Waals surface area contributed by atoms with Crippen LogP contribution in [0.5, 0.6) is 0 Å². The molecule has 0 unspecified atom stereocenters. The molecule has 0 aliphatic carbocycles. The fourth-order valence-electron chi connectivity index (χ4n) is 3.03. The molecule has 0 spiro atoms. The summed E-state index contributed by atoms with van der Waals surface area (Å²) < 4.78 is 1.65. The Bertz CT molecular complexity index is 1250. The molecule has 1 heterocycles. The Morgan fingerprint density at radius 3 is 2.50 bits per heavy atom. The van der Waals surface area contributed by atoms with Crippen molar-refractivity contribution in [1.29, 1.82) is 5.26 Å². The van der Waals surface area contributed by atoms with Crippen molar-refractivity contribution in [1.82, 2.24) is 9.55 Å². The predicted octanol–water partition coefficient (Wildman–Crippen LogP) is 4.86. The van der Waals surface area contributed by atoms with Crippen LogP contribution in [0.25, 0.3) is 16.6 Å². The maximum Gasteiger partial charge on any atom is 0.266 e. The maximum atomic E-state index is 13.2. The quantitative estimate of drug-likeness (QED) is 0.373. The van der Waals surface area contributed by atoms with Gasteiger partial charge in [0, 0.05) is 5.75 Å². The van der Waals surface area contributed by atoms with Gasteiger partial charge in [-0.25, -0.2) is 4.98 Å². The van der Waals surface area contributed by atoms with E-state index in [1.807, 2.05) is 67.6 Å². The Labute approximate surface area is 167 Å². The number of nitrogens with zero attached hydrogens (tertiary/aromatic N) is 3. The van der Waals surface area contributed by atoms with Crippen LogP contribution in [-0.4, -0.2) is 9.55 Å². The van der Waals surface area contributed by atoms with E-state index in [1.54, 1.807) is 16.7 Å². The summed E-state index contributed by atoms with van der Waals surface area (Å²) in [7, 11) is 0. The minimum absolute atomic E-state index is 0.0921. The molecule has 1 aromatic heterocycles. The number of benzene rings is 3. The molecule has 4 nitrogen and oxygen atoms in total. The molecular weight excluding hydrogens is 366 g/mol. The summed E-state index contributed by atoms with van der Waals surface area (Å²) in [5.41, 5.74) is 4.05. The van der Waals surface area contributed by atoms with E-state index in [4.69, 9.17) is 4.98 Å². The molecule has 136 valence electrons. The van der Waals surface area contributed by atoms with Gasteiger partial charge >= 0.3 is 0 Å². The van der Waals surface area contributed by atoms with Crippen LogP contribution in [0.15, 0.2) is 82.7 Å². The van der Waals surface area contributed by atoms with Crippen molar-refractivity contribution in [3.8, 4) is 11.8 Å². The standard InChI is InChI=1S/C23H17N3OS/c1-16-10-12-19(13-11-16)26-22(27)20-8-4-5-9-21(20)25-23(26)28-15-18-7-3-2-6-17(18)14-24/h2-13H,15H2,1H3. The number of nitriles is 1. The van der Waals surface area contributed by atoms with E-state index in [2.05, 4.69) is 6.07 Å². The highest BCUT2D eigenvalue weighted by Crippen LogP contribution is 2.26. The first-order valence-corrected chi connectivity index (χ1v) is 9.85. The molecule has 0 radical (unpaired) electrons. The monoisotopic (exact) mass is 383 g/mol. The molecule has 4 rings (SSSR count). The zero-order chi connectivity index (χ0) is 19.5. The average molecular weight is 383 g/mol. The minimum atomic E-state index is -0.0921. The number of aromatic nitrogens is 2. The first kappa shape index (κ1) is 18.0. The Morgan fingerprint density at radius 2 is 1.71 bits per heavy atom. The van der Waals surface area contributed by atoms with Gasteiger partial charge in [0.25, 0.3) is 5.56 Å². The second-order valence-electron chi connectivity index (χ2n) is 6.45. The fourth-order valence-corrected chi connectivity index (χ4v) is 4.04. The molecule has 28 heavy (non-hydrogen) atoms. The second-order valence-corrected chi connectivity index (χ2v) is 7.39. The molecule has 0 fully saturated rings. The van der Waals surface area contributed by atoms with Gasteiger partial charge in [-0.2, -0.15) is 5.26 Å². The van der Waals surface area contributed by atoms with E-state index in [1.165, 1.54) is 11.8 Å². The smallest absolute Gasteiger partial charge is 0.266 e. The lowest BCUT2D eigenvalue weighted by Gasteiger charge is -2.14. The van der Waals surface area contributed by atoms with Gasteiger partial charge < -0.3 is 0 Å². The van der Waals surface area contributed by atoms with Gasteiger partial charge in [-0.05, 0) is 42.8 Å². The first-order chi connectivity index (χ1) is 13.7. The molecule has 0 atom stereocenters. The third kappa shape index (κ3) is 3.42. The lowest BCUT2D eigenvalue weighted by molar-refractivity contribution is 0.819. The number of hydrogen-bond acceptors (Lipinski definition) is 4. The number of aryl methyl sites for hydroxylation is 1. The van der Waals surface area contributed by atoms with Gasteiger partial charge in [0.05, 0.1) is 28.2 Å². The van der Waals surface area contributed by atoms with Gasteiger partial charge in [-0.1, -0.05) is 59.8 Å². The number of rotatable bonds is 4. The van der Waals surface area contributed by atoms with E-state index in [9.17, 15) is 10.1 Å². The van der Waals surface area contributed by atoms with E-state index in [0.717, 1.165) is 16.8 Å². The van der Waals surface area contributed by atoms with Crippen LogP contribution in [0.2, 0.25) is 0 Å². The van der Waals surface area contributed by atoms with Crippen molar-refractivity contribution < 1.29 is 0 Å². The number of hydrogen-bond donors (Lipinski definition) is 0. The largest absolute Gasteiger partial charge is 0.268 e. The molecule has 0 saturated carbocycles. The maximum absolute atomic E-state index is 13.2. The van der Waals surface area contributed by atoms with Crippen LogP contribution in [0.3, 0.4) is 0 Å². The zero-order valence-electron chi connectivity index (χ0n) is 15.3. The molecule has 0 aliphatic rings. The third-order valence-electron chi connectivity index (χ3n) is 4.53. The van der Waals surface area contributed by atoms with E-state index < -0.39 is 0 Å². The first-order valence-electron chi connectivity index (χ1n) is 8.87. The summed E-state index contributed by atoms with van der Waals surface area (Å²) in [5, 5.41) is 10.5. The van der Waals surface area contributed by atoms with Gasteiger partial charge in [-0.3, -0.25) is 9.36 Å². The second kappa shape index (κ2) is 7.71. The zero-order valence-corrected chi connectivity index (χ0v) is 16.1. The van der Waals surface area contributed by atoms with Crippen LogP contribution < -0.4 is 5.56 Å². The third-order valence-corrected chi connectivity index (χ3v) is 5.52. The summed E-state index contributed by atoms with van der Waals surface area (Å²) >= 11 is 1.46. The Kier molecular flexibility index (Phi) is 4.96. The summed E-state index contributed by atoms with van der Waals surface area (Å²) in [4.78, 5) is 18.0. The molecule has 0 amide bonds. The highest BCUT2D eigenvalue weighted by molar-refractivity contribution is 7.98. The van der Waals surface area contributed by atoms with Gasteiger partial charge in [0.15, 0.2) is 5.16 Å². The topological polar surface area (TPSA) is 58.7 Å². The van der Waals surface area contributed by atoms with Crippen LogP contribution in [0.1, 0.15) is 16.7 Å². The normalized spacial score (nSPS) is 10.7. The summed E-state index contributed by atoms with van der Waals surface area (Å²) in [6.07, 6.45) is 0. The number of fused-ring (bicyclic) bond motifs is 1. The molecule has 0 bridgehead atoms. The van der Waals surface area contributed by atoms with Crippen LogP contribution >= 0.6 is 11.8 Å². The van der Waals surface area contributed by atoms with Crippen molar-refractivity contribution in [2.24, 2.45) is 0 Å². The van der Waals surface area contributed by atoms with E-state index in [-0.39, 0.29) is 5.56 Å². The molecule has 0 N–H and O–H groups in total. The van der Waals surface area contributed by atoms with Crippen molar-refractivity contribution >= 4 is 22.7 Å². The van der Waals surface area contributed by atoms with Crippen molar-refractivity contribution in [3.05, 3.63) is 99.8 Å². The fraction of sp³-hybridized carbons (Fsp3) is 0.0870. The van der Waals surface area contributed by atoms with Crippen LogP contribution in [-0.2, 0) is 5.75 Å². The molecule has 0 aliphatic heterocycles. The summed E-state index contributed by atoms with van der Waals surface area (Å²) in [5.74, 6) is 0.556. The van der Waals surface area contributed by atoms with E-state index in [0.29, 0.717) is 27.4 Å². The number of thioether (sulfide) groups is 1. The predicted molar refractivity (Wildman–Crippen MR) is 113 cm³/mol. The molecule has 5 heteroatoms. The molecule has 4 aromatic rings. The average Bonchev–Trinajstić information content (AvgIpc) is 2.73. The lowest BCUT2D eigenvalue weighted by Crippen LogP contribution is -2.21. The van der Waals surface area contributed by atoms with Crippen molar-refractivity contribution in [2.75, 3.05) is 0 Å².